The Balaban J connectivity index is 2.05. The summed E-state index contributed by atoms with van der Waals surface area (Å²) in [6, 6.07) is 16.5. The van der Waals surface area contributed by atoms with E-state index in [4.69, 9.17) is 23.2 Å². The van der Waals surface area contributed by atoms with Crippen LogP contribution in [-0.4, -0.2) is 0 Å². The molecule has 0 heterocycles. The lowest BCUT2D eigenvalue weighted by Crippen LogP contribution is -1.96. The minimum atomic E-state index is -0.00542. The molecule has 0 spiro atoms. The number of aryl methyl sites for hydroxylation is 1. The zero-order chi connectivity index (χ0) is 13.7. The summed E-state index contributed by atoms with van der Waals surface area (Å²) in [7, 11) is 0. The van der Waals surface area contributed by atoms with Crippen LogP contribution in [0.4, 0.5) is 0 Å². The maximum atomic E-state index is 6.48. The second kappa shape index (κ2) is 6.98. The highest BCUT2D eigenvalue weighted by Gasteiger charge is 2.09. The Bertz CT molecular complexity index is 517. The minimum Gasteiger partial charge on any atom is -0.117 e. The van der Waals surface area contributed by atoms with E-state index in [2.05, 4.69) is 37.3 Å². The molecule has 2 aromatic carbocycles. The molecule has 19 heavy (non-hydrogen) atoms. The van der Waals surface area contributed by atoms with Crippen molar-refractivity contribution in [3.63, 3.8) is 0 Å². The molecule has 0 aliphatic heterocycles. The highest BCUT2D eigenvalue weighted by molar-refractivity contribution is 6.30. The summed E-state index contributed by atoms with van der Waals surface area (Å²) in [4.78, 5) is 0. The first-order valence-corrected chi connectivity index (χ1v) is 7.48. The lowest BCUT2D eigenvalue weighted by atomic mass is 10.0. The highest BCUT2D eigenvalue weighted by Crippen LogP contribution is 2.26. The maximum absolute atomic E-state index is 6.48. The largest absolute Gasteiger partial charge is 0.117 e. The van der Waals surface area contributed by atoms with Crippen molar-refractivity contribution in [3.05, 3.63) is 70.2 Å². The van der Waals surface area contributed by atoms with Crippen LogP contribution in [-0.2, 0) is 12.8 Å². The van der Waals surface area contributed by atoms with E-state index in [0.717, 1.165) is 17.9 Å². The average Bonchev–Trinajstić information content (AvgIpc) is 2.40. The van der Waals surface area contributed by atoms with Gasteiger partial charge in [0.1, 0.15) is 0 Å². The summed E-state index contributed by atoms with van der Waals surface area (Å²) in [5, 5.41) is 0.758. The Morgan fingerprint density at radius 3 is 2.37 bits per heavy atom. The SMILES string of the molecule is CCCc1ccc(C(Cl)Cc2cccc(Cl)c2)cc1. The zero-order valence-corrected chi connectivity index (χ0v) is 12.6. The monoisotopic (exact) mass is 292 g/mol. The molecular formula is C17H18Cl2. The summed E-state index contributed by atoms with van der Waals surface area (Å²) >= 11 is 12.5. The van der Waals surface area contributed by atoms with Gasteiger partial charge in [0.15, 0.2) is 0 Å². The van der Waals surface area contributed by atoms with E-state index in [0.29, 0.717) is 0 Å². The fourth-order valence-electron chi connectivity index (χ4n) is 2.17. The van der Waals surface area contributed by atoms with Crippen molar-refractivity contribution in [2.75, 3.05) is 0 Å². The third-order valence-electron chi connectivity index (χ3n) is 3.18. The predicted octanol–water partition coefficient (Wildman–Crippen LogP) is 5.82. The first kappa shape index (κ1) is 14.4. The highest BCUT2D eigenvalue weighted by atomic mass is 35.5. The Morgan fingerprint density at radius 1 is 1.00 bits per heavy atom. The van der Waals surface area contributed by atoms with Gasteiger partial charge in [-0.25, -0.2) is 0 Å². The lowest BCUT2D eigenvalue weighted by Gasteiger charge is -2.11. The molecule has 2 heteroatoms. The topological polar surface area (TPSA) is 0 Å². The van der Waals surface area contributed by atoms with Crippen LogP contribution >= 0.6 is 23.2 Å². The molecule has 0 saturated carbocycles. The van der Waals surface area contributed by atoms with Crippen LogP contribution in [0.2, 0.25) is 5.02 Å². The Kier molecular flexibility index (Phi) is 5.30. The second-order valence-electron chi connectivity index (χ2n) is 4.79. The molecule has 0 aromatic heterocycles. The Labute approximate surface area is 125 Å². The van der Waals surface area contributed by atoms with Crippen LogP contribution in [0.3, 0.4) is 0 Å². The summed E-state index contributed by atoms with van der Waals surface area (Å²) in [5.41, 5.74) is 3.71. The third kappa shape index (κ3) is 4.26. The summed E-state index contributed by atoms with van der Waals surface area (Å²) in [5.74, 6) is 0. The zero-order valence-electron chi connectivity index (χ0n) is 11.1. The molecule has 0 amide bonds. The fraction of sp³-hybridized carbons (Fsp3) is 0.294. The van der Waals surface area contributed by atoms with Crippen LogP contribution in [0.25, 0.3) is 0 Å². The molecule has 0 aliphatic rings. The predicted molar refractivity (Wildman–Crippen MR) is 84.2 cm³/mol. The molecule has 0 N–H and O–H groups in total. The van der Waals surface area contributed by atoms with Crippen molar-refractivity contribution in [2.24, 2.45) is 0 Å². The van der Waals surface area contributed by atoms with Crippen LogP contribution < -0.4 is 0 Å². The number of alkyl halides is 1. The van der Waals surface area contributed by atoms with Crippen molar-refractivity contribution >= 4 is 23.2 Å². The first-order chi connectivity index (χ1) is 9.19. The number of rotatable bonds is 5. The van der Waals surface area contributed by atoms with Gasteiger partial charge in [-0.15, -0.1) is 11.6 Å². The summed E-state index contributed by atoms with van der Waals surface area (Å²) in [6.07, 6.45) is 3.10. The average molecular weight is 293 g/mol. The van der Waals surface area contributed by atoms with Crippen molar-refractivity contribution < 1.29 is 0 Å². The Morgan fingerprint density at radius 2 is 1.74 bits per heavy atom. The van der Waals surface area contributed by atoms with E-state index in [1.165, 1.54) is 23.1 Å². The fourth-order valence-corrected chi connectivity index (χ4v) is 2.71. The standard InChI is InChI=1S/C17H18Cl2/c1-2-4-13-7-9-15(10-8-13)17(19)12-14-5-3-6-16(18)11-14/h3,5-11,17H,2,4,12H2,1H3. The normalized spacial score (nSPS) is 12.4. The summed E-state index contributed by atoms with van der Waals surface area (Å²) in [6.45, 7) is 2.19. The minimum absolute atomic E-state index is 0.00542. The van der Waals surface area contributed by atoms with Gasteiger partial charge in [0.2, 0.25) is 0 Å². The van der Waals surface area contributed by atoms with E-state index in [1.54, 1.807) is 0 Å². The van der Waals surface area contributed by atoms with E-state index < -0.39 is 0 Å². The molecule has 2 rings (SSSR count). The van der Waals surface area contributed by atoms with Gasteiger partial charge in [0.25, 0.3) is 0 Å². The quantitative estimate of drug-likeness (QED) is 0.610. The molecule has 0 fully saturated rings. The second-order valence-corrected chi connectivity index (χ2v) is 5.76. The van der Waals surface area contributed by atoms with Gasteiger partial charge in [-0.05, 0) is 41.7 Å². The van der Waals surface area contributed by atoms with Crippen LogP contribution in [0, 0.1) is 0 Å². The molecule has 0 radical (unpaired) electrons. The van der Waals surface area contributed by atoms with Gasteiger partial charge in [-0.2, -0.15) is 0 Å². The van der Waals surface area contributed by atoms with Gasteiger partial charge in [-0.3, -0.25) is 0 Å². The molecule has 100 valence electrons. The van der Waals surface area contributed by atoms with E-state index in [9.17, 15) is 0 Å². The number of hydrogen-bond donors (Lipinski definition) is 0. The lowest BCUT2D eigenvalue weighted by molar-refractivity contribution is 0.902. The number of halogens is 2. The van der Waals surface area contributed by atoms with Crippen molar-refractivity contribution in [1.82, 2.24) is 0 Å². The van der Waals surface area contributed by atoms with Crippen LogP contribution in [0.5, 0.6) is 0 Å². The van der Waals surface area contributed by atoms with Gasteiger partial charge in [0.05, 0.1) is 5.38 Å². The van der Waals surface area contributed by atoms with Gasteiger partial charge in [-0.1, -0.05) is 61.3 Å². The molecular weight excluding hydrogens is 275 g/mol. The Hall–Kier alpha value is -0.980. The van der Waals surface area contributed by atoms with Crippen molar-refractivity contribution in [1.29, 1.82) is 0 Å². The van der Waals surface area contributed by atoms with Crippen molar-refractivity contribution in [2.45, 2.75) is 31.6 Å². The molecule has 1 unspecified atom stereocenters. The molecule has 1 atom stereocenters. The smallest absolute Gasteiger partial charge is 0.0625 e. The number of hydrogen-bond acceptors (Lipinski definition) is 0. The molecule has 0 bridgehead atoms. The third-order valence-corrected chi connectivity index (χ3v) is 3.83. The first-order valence-electron chi connectivity index (χ1n) is 6.66. The molecule has 0 nitrogen and oxygen atoms in total. The van der Waals surface area contributed by atoms with Gasteiger partial charge < -0.3 is 0 Å². The van der Waals surface area contributed by atoms with Crippen molar-refractivity contribution in [3.8, 4) is 0 Å². The van der Waals surface area contributed by atoms with Gasteiger partial charge in [0, 0.05) is 5.02 Å². The van der Waals surface area contributed by atoms with E-state index >= 15 is 0 Å². The van der Waals surface area contributed by atoms with E-state index in [-0.39, 0.29) is 5.38 Å². The molecule has 2 aromatic rings. The molecule has 0 saturated heterocycles. The summed E-state index contributed by atoms with van der Waals surface area (Å²) < 4.78 is 0. The molecule has 0 aliphatic carbocycles. The van der Waals surface area contributed by atoms with E-state index in [1.807, 2.05) is 18.2 Å². The van der Waals surface area contributed by atoms with Gasteiger partial charge >= 0.3 is 0 Å². The maximum Gasteiger partial charge on any atom is 0.0625 e. The number of benzene rings is 2. The van der Waals surface area contributed by atoms with Crippen LogP contribution in [0.15, 0.2) is 48.5 Å². The van der Waals surface area contributed by atoms with Crippen LogP contribution in [0.1, 0.15) is 35.4 Å².